The minimum absolute atomic E-state index is 0.0159. The van der Waals surface area contributed by atoms with Crippen LogP contribution in [0.4, 0.5) is 0 Å². The molecule has 2 unspecified atom stereocenters. The van der Waals surface area contributed by atoms with Crippen LogP contribution in [0.5, 0.6) is 0 Å². The fourth-order valence-corrected chi connectivity index (χ4v) is 1.64. The lowest BCUT2D eigenvalue weighted by atomic mass is 9.84. The van der Waals surface area contributed by atoms with Crippen molar-refractivity contribution in [1.82, 2.24) is 0 Å². The van der Waals surface area contributed by atoms with E-state index in [0.717, 1.165) is 0 Å². The average molecular weight is 188 g/mol. The fraction of sp³-hybridized carbons (Fsp3) is 0.500. The number of halogens is 1. The normalized spacial score (nSPS) is 33.7. The van der Waals surface area contributed by atoms with Gasteiger partial charge in [0.05, 0.1) is 11.8 Å². The maximum absolute atomic E-state index is 10.8. The lowest BCUT2D eigenvalue weighted by Gasteiger charge is -2.25. The lowest BCUT2D eigenvalue weighted by Crippen LogP contribution is -2.44. The molecule has 0 amide bonds. The summed E-state index contributed by atoms with van der Waals surface area (Å²) in [5.74, 6) is -0.128. The van der Waals surface area contributed by atoms with Crippen LogP contribution in [-0.2, 0) is 0 Å². The molecule has 0 spiro atoms. The summed E-state index contributed by atoms with van der Waals surface area (Å²) in [6, 6.07) is 0. The Morgan fingerprint density at radius 1 is 1.67 bits per heavy atom. The number of allylic oxidation sites excluding steroid dienone is 2. The SMILES string of the molecule is CC1C=CC=CC1(CCl)[N+](=O)[O-]. The molecular weight excluding hydrogens is 178 g/mol. The maximum Gasteiger partial charge on any atom is 0.259 e. The predicted octanol–water partition coefficient (Wildman–Crippen LogP) is 2.00. The van der Waals surface area contributed by atoms with Gasteiger partial charge in [-0.3, -0.25) is 10.1 Å². The molecule has 0 saturated heterocycles. The average Bonchev–Trinajstić information content (AvgIpc) is 2.05. The van der Waals surface area contributed by atoms with E-state index >= 15 is 0 Å². The topological polar surface area (TPSA) is 43.1 Å². The maximum atomic E-state index is 10.8. The first kappa shape index (κ1) is 9.26. The second kappa shape index (κ2) is 3.27. The fourth-order valence-electron chi connectivity index (χ4n) is 1.21. The molecule has 0 aromatic carbocycles. The number of alkyl halides is 1. The first-order valence-corrected chi connectivity index (χ1v) is 4.23. The molecular formula is C8H10ClNO2. The summed E-state index contributed by atoms with van der Waals surface area (Å²) < 4.78 is 0. The summed E-state index contributed by atoms with van der Waals surface area (Å²) in [4.78, 5) is 10.4. The van der Waals surface area contributed by atoms with Gasteiger partial charge in [0, 0.05) is 4.92 Å². The van der Waals surface area contributed by atoms with Gasteiger partial charge in [-0.15, -0.1) is 11.6 Å². The molecule has 4 heteroatoms. The minimum atomic E-state index is -1.10. The predicted molar refractivity (Wildman–Crippen MR) is 47.9 cm³/mol. The second-order valence-electron chi connectivity index (χ2n) is 2.91. The minimum Gasteiger partial charge on any atom is -0.264 e. The highest BCUT2D eigenvalue weighted by Crippen LogP contribution is 2.28. The molecule has 0 N–H and O–H groups in total. The van der Waals surface area contributed by atoms with Gasteiger partial charge < -0.3 is 0 Å². The van der Waals surface area contributed by atoms with Crippen molar-refractivity contribution >= 4 is 11.6 Å². The van der Waals surface area contributed by atoms with Gasteiger partial charge in [0.25, 0.3) is 5.54 Å². The molecule has 0 aliphatic heterocycles. The largest absolute Gasteiger partial charge is 0.264 e. The molecule has 3 nitrogen and oxygen atoms in total. The smallest absolute Gasteiger partial charge is 0.259 e. The summed E-state index contributed by atoms with van der Waals surface area (Å²) >= 11 is 5.60. The Kier molecular flexibility index (Phi) is 2.52. The van der Waals surface area contributed by atoms with Crippen molar-refractivity contribution in [2.24, 2.45) is 5.92 Å². The number of hydrogen-bond donors (Lipinski definition) is 0. The van der Waals surface area contributed by atoms with E-state index in [-0.39, 0.29) is 16.7 Å². The van der Waals surface area contributed by atoms with Gasteiger partial charge in [-0.2, -0.15) is 0 Å². The van der Waals surface area contributed by atoms with Crippen molar-refractivity contribution in [3.8, 4) is 0 Å². The molecule has 1 rings (SSSR count). The standard InChI is InChI=1S/C8H10ClNO2/c1-7-4-2-3-5-8(7,6-9)10(11)12/h2-5,7H,6H2,1H3. The van der Waals surface area contributed by atoms with Gasteiger partial charge >= 0.3 is 0 Å². The van der Waals surface area contributed by atoms with Crippen LogP contribution in [0.15, 0.2) is 24.3 Å². The van der Waals surface area contributed by atoms with Crippen molar-refractivity contribution in [3.05, 3.63) is 34.4 Å². The monoisotopic (exact) mass is 187 g/mol. The van der Waals surface area contributed by atoms with Crippen LogP contribution in [0.2, 0.25) is 0 Å². The Morgan fingerprint density at radius 3 is 2.67 bits per heavy atom. The third-order valence-electron chi connectivity index (χ3n) is 2.24. The van der Waals surface area contributed by atoms with E-state index in [0.29, 0.717) is 0 Å². The van der Waals surface area contributed by atoms with Gasteiger partial charge in [-0.25, -0.2) is 0 Å². The molecule has 66 valence electrons. The second-order valence-corrected chi connectivity index (χ2v) is 3.18. The summed E-state index contributed by atoms with van der Waals surface area (Å²) in [6.07, 6.45) is 6.83. The van der Waals surface area contributed by atoms with Crippen LogP contribution in [0, 0.1) is 16.0 Å². The molecule has 0 heterocycles. The Labute approximate surface area is 75.9 Å². The highest BCUT2D eigenvalue weighted by molar-refractivity contribution is 6.18. The van der Waals surface area contributed by atoms with Crippen LogP contribution in [0.1, 0.15) is 6.92 Å². The van der Waals surface area contributed by atoms with Crippen molar-refractivity contribution in [3.63, 3.8) is 0 Å². The van der Waals surface area contributed by atoms with Crippen LogP contribution < -0.4 is 0 Å². The van der Waals surface area contributed by atoms with E-state index in [1.54, 1.807) is 31.2 Å². The zero-order chi connectivity index (χ0) is 9.19. The molecule has 0 radical (unpaired) electrons. The van der Waals surface area contributed by atoms with Crippen molar-refractivity contribution in [2.45, 2.75) is 12.5 Å². The molecule has 0 bridgehead atoms. The Bertz CT molecular complexity index is 249. The third kappa shape index (κ3) is 1.25. The quantitative estimate of drug-likeness (QED) is 0.377. The molecule has 2 atom stereocenters. The van der Waals surface area contributed by atoms with Crippen LogP contribution in [0.25, 0.3) is 0 Å². The van der Waals surface area contributed by atoms with Gasteiger partial charge in [0.15, 0.2) is 0 Å². The molecule has 0 aromatic rings. The van der Waals surface area contributed by atoms with E-state index in [2.05, 4.69) is 0 Å². The number of nitro groups is 1. The van der Waals surface area contributed by atoms with Gasteiger partial charge in [0.1, 0.15) is 0 Å². The van der Waals surface area contributed by atoms with Crippen molar-refractivity contribution in [2.75, 3.05) is 5.88 Å². The Hall–Kier alpha value is -0.830. The molecule has 0 fully saturated rings. The van der Waals surface area contributed by atoms with E-state index in [9.17, 15) is 10.1 Å². The number of rotatable bonds is 2. The summed E-state index contributed by atoms with van der Waals surface area (Å²) in [6.45, 7) is 1.80. The van der Waals surface area contributed by atoms with Crippen LogP contribution >= 0.6 is 11.6 Å². The molecule has 0 aromatic heterocycles. The molecule has 0 saturated carbocycles. The Morgan fingerprint density at radius 2 is 2.33 bits per heavy atom. The Balaban J connectivity index is 3.00. The first-order valence-electron chi connectivity index (χ1n) is 3.70. The summed E-state index contributed by atoms with van der Waals surface area (Å²) in [5, 5.41) is 10.8. The van der Waals surface area contributed by atoms with Crippen LogP contribution in [0.3, 0.4) is 0 Å². The molecule has 12 heavy (non-hydrogen) atoms. The number of nitrogens with zero attached hydrogens (tertiary/aromatic N) is 1. The molecule has 1 aliphatic carbocycles. The summed E-state index contributed by atoms with van der Waals surface area (Å²) in [7, 11) is 0. The van der Waals surface area contributed by atoms with Gasteiger partial charge in [0.2, 0.25) is 0 Å². The summed E-state index contributed by atoms with van der Waals surface area (Å²) in [5.41, 5.74) is -1.10. The third-order valence-corrected chi connectivity index (χ3v) is 2.67. The first-order chi connectivity index (χ1) is 5.63. The van der Waals surface area contributed by atoms with E-state index in [4.69, 9.17) is 11.6 Å². The van der Waals surface area contributed by atoms with Crippen molar-refractivity contribution < 1.29 is 4.92 Å². The zero-order valence-corrected chi connectivity index (χ0v) is 7.49. The van der Waals surface area contributed by atoms with Crippen molar-refractivity contribution in [1.29, 1.82) is 0 Å². The lowest BCUT2D eigenvalue weighted by molar-refractivity contribution is -0.556. The van der Waals surface area contributed by atoms with E-state index < -0.39 is 5.54 Å². The van der Waals surface area contributed by atoms with Gasteiger partial charge in [-0.05, 0) is 6.08 Å². The zero-order valence-electron chi connectivity index (χ0n) is 6.74. The highest BCUT2D eigenvalue weighted by Gasteiger charge is 2.44. The van der Waals surface area contributed by atoms with Gasteiger partial charge in [-0.1, -0.05) is 25.2 Å². The van der Waals surface area contributed by atoms with E-state index in [1.807, 2.05) is 0 Å². The molecule has 1 aliphatic rings. The number of hydrogen-bond acceptors (Lipinski definition) is 2. The highest BCUT2D eigenvalue weighted by atomic mass is 35.5. The van der Waals surface area contributed by atoms with Crippen LogP contribution in [-0.4, -0.2) is 16.3 Å². The van der Waals surface area contributed by atoms with E-state index in [1.165, 1.54) is 0 Å².